The van der Waals surface area contributed by atoms with Gasteiger partial charge in [-0.3, -0.25) is 90.9 Å². The Morgan fingerprint density at radius 1 is 0.485 bits per heavy atom. The average Bonchev–Trinajstić information content (AvgIpc) is 1.65. The molecule has 2 aliphatic heterocycles. The number of aliphatic carboxylic acids is 3. The number of aromatic amines is 1. The molecule has 26 N–H and O–H groups in total. The molecule has 2 aliphatic rings. The molecule has 0 radical (unpaired) electrons. The van der Waals surface area contributed by atoms with Crippen LogP contribution in [-0.2, 0) is 113 Å². The SMILES string of the molecule is CC(C)C[C@H](NC(=O)[C@H](CCCCN)NC(=O)[C@H](Cc1c[nH]c2ccccc12)NC(=O)[C@H](CC(C)C)NC(=O)[C@H](CC(=O)O)NC(=O)[C@H](CO)NC(=O)[C@H](Cc1ccccc1)NC(=O)[C@@H](NC(=O)[C@H](CCC(=O)O)NC(=O)[C@H](CCC(N)=O)NC(=O)[C@H](CO)NC(=O)[C@H](C)NC(=O)[C@H](CC(C)C)NC(=O)[C@@H]1CCCN1C(=O)[C@@H]1CCCN1C(=O)[C@H](C)N)[C@@H](C)OP(=O)([O-])O)C(=O)O. The Balaban J connectivity index is 1.37. The fourth-order valence-corrected chi connectivity index (χ4v) is 15.4. The summed E-state index contributed by atoms with van der Waals surface area (Å²) in [5.41, 5.74) is 18.4. The summed E-state index contributed by atoms with van der Waals surface area (Å²) in [4.78, 5) is 290. The van der Waals surface area contributed by atoms with Crippen LogP contribution in [0.2, 0.25) is 0 Å². The van der Waals surface area contributed by atoms with Crippen LogP contribution < -0.4 is 91.2 Å². The molecule has 2 saturated heterocycles. The number of hydrogen-bond acceptors (Lipinski definition) is 26. The number of phosphoric ester groups is 1. The van der Waals surface area contributed by atoms with Gasteiger partial charge in [-0.15, -0.1) is 0 Å². The number of unbranched alkanes of at least 4 members (excludes halogenated alkanes) is 1. The van der Waals surface area contributed by atoms with Crippen molar-refractivity contribution in [3.8, 4) is 0 Å². The number of nitrogens with one attached hydrogen (secondary N) is 14. The van der Waals surface area contributed by atoms with Gasteiger partial charge in [-0.05, 0) is 139 Å². The maximum atomic E-state index is 14.8. The van der Waals surface area contributed by atoms with Crippen LogP contribution in [-0.4, -0.2) is 293 Å². The van der Waals surface area contributed by atoms with Gasteiger partial charge in [-0.1, -0.05) is 90.1 Å². The van der Waals surface area contributed by atoms with Crippen molar-refractivity contribution in [3.05, 3.63) is 71.9 Å². The molecule has 48 heteroatoms. The third-order valence-electron chi connectivity index (χ3n) is 21.6. The van der Waals surface area contributed by atoms with Crippen LogP contribution in [0.4, 0.5) is 0 Å². The highest BCUT2D eigenvalue weighted by atomic mass is 31.2. The Labute approximate surface area is 761 Å². The van der Waals surface area contributed by atoms with Gasteiger partial charge in [0.05, 0.1) is 31.8 Å². The minimum Gasteiger partial charge on any atom is -0.756 e. The maximum Gasteiger partial charge on any atom is 0.326 e. The number of fused-ring (bicyclic) bond motifs is 1. The molecule has 0 spiro atoms. The van der Waals surface area contributed by atoms with E-state index in [1.165, 1.54) is 54.0 Å². The zero-order valence-electron chi connectivity index (χ0n) is 75.1. The smallest absolute Gasteiger partial charge is 0.326 e. The van der Waals surface area contributed by atoms with Crippen molar-refractivity contribution in [2.75, 3.05) is 32.8 Å². The Morgan fingerprint density at radius 3 is 1.45 bits per heavy atom. The van der Waals surface area contributed by atoms with E-state index in [1.54, 1.807) is 72.0 Å². The van der Waals surface area contributed by atoms with Crippen molar-refractivity contribution < 1.29 is 136 Å². The molecule has 18 atom stereocenters. The first-order valence-corrected chi connectivity index (χ1v) is 45.1. The van der Waals surface area contributed by atoms with Gasteiger partial charge in [0.15, 0.2) is 0 Å². The lowest BCUT2D eigenvalue weighted by molar-refractivity contribution is -0.224. The van der Waals surface area contributed by atoms with Crippen molar-refractivity contribution in [2.45, 2.75) is 274 Å². The lowest BCUT2D eigenvalue weighted by Gasteiger charge is -2.32. The molecule has 5 rings (SSSR count). The predicted octanol–water partition coefficient (Wildman–Crippen LogP) is -5.59. The van der Waals surface area contributed by atoms with Gasteiger partial charge >= 0.3 is 17.9 Å². The highest BCUT2D eigenvalue weighted by Crippen LogP contribution is 2.34. The number of aliphatic hydroxyl groups is 2. The van der Waals surface area contributed by atoms with E-state index < -0.39 is 281 Å². The molecule has 2 aromatic carbocycles. The van der Waals surface area contributed by atoms with Crippen LogP contribution in [0.5, 0.6) is 0 Å². The standard InChI is InChI=1S/C84H128N19O28P/c1-42(2)33-55(96-80(122)63-24-17-31-102(63)83(125)64-25-18-32-103(64)82(124)45(7)86)73(115)89-46(8)69(111)99-61(40-104)78(120)92-53(26-28-65(87)106)71(113)91-54(27-29-66(107)108)72(114)101-68(47(9)131-132(128,129)130)81(123)97-57(36-48-19-11-10-12-20-48)75(117)100-62(41-105)79(121)95-59(38-67(109)110)77(119)93-56(34-43(3)4)74(116)94-58(37-49-39-88-51-22-14-13-21-50(49)51)76(118)90-52(23-15-16-30-85)70(112)98-60(84(126)127)35-44(5)6/h10-14,19-22,39,42-47,52-64,68,88,104-105H,15-18,23-38,40-41,85-86H2,1-9H3,(H2,87,106)(H,89,115)(H,90,118)(H,91,113)(H,92,120)(H,93,119)(H,94,116)(H,95,121)(H,96,122)(H,97,123)(H,98,112)(H,99,111)(H,100,117)(H,101,114)(H,107,108)(H,109,110)(H,126,127)(H2,128,129,130)/p-1/t45-,46-,47+,52-,53-,54-,55-,56-,57-,58-,59-,60-,61-,62-,63-,64-,68-/m0/s1. The summed E-state index contributed by atoms with van der Waals surface area (Å²) in [5, 5.41) is 82.3. The van der Waals surface area contributed by atoms with Gasteiger partial charge in [0.25, 0.3) is 7.82 Å². The van der Waals surface area contributed by atoms with E-state index in [2.05, 4.69) is 74.1 Å². The number of para-hydroxylation sites is 1. The third kappa shape index (κ3) is 35.9. The van der Waals surface area contributed by atoms with E-state index in [0.717, 1.165) is 6.92 Å². The summed E-state index contributed by atoms with van der Waals surface area (Å²) in [6, 6.07) is -12.3. The summed E-state index contributed by atoms with van der Waals surface area (Å²) in [7, 11) is -5.95. The second kappa shape index (κ2) is 53.4. The molecular formula is C84H127N19O28P-. The van der Waals surface area contributed by atoms with Crippen molar-refractivity contribution >= 4 is 131 Å². The second-order valence-corrected chi connectivity index (χ2v) is 35.1. The van der Waals surface area contributed by atoms with Crippen LogP contribution in [0.1, 0.15) is 170 Å². The Hall–Kier alpha value is -12.1. The normalized spacial score (nSPS) is 17.6. The van der Waals surface area contributed by atoms with E-state index in [4.69, 9.17) is 21.7 Å². The van der Waals surface area contributed by atoms with Gasteiger partial charge in [0.1, 0.15) is 90.6 Å². The zero-order valence-corrected chi connectivity index (χ0v) is 76.0. The summed E-state index contributed by atoms with van der Waals surface area (Å²) >= 11 is 0. The molecule has 47 nitrogen and oxygen atoms in total. The number of hydrogen-bond donors (Lipinski definition) is 23. The van der Waals surface area contributed by atoms with Crippen LogP contribution in [0, 0.1) is 17.8 Å². The molecule has 3 aromatic rings. The second-order valence-electron chi connectivity index (χ2n) is 34.0. The van der Waals surface area contributed by atoms with Gasteiger partial charge in [-0.25, -0.2) is 4.79 Å². The van der Waals surface area contributed by atoms with Crippen molar-refractivity contribution in [1.29, 1.82) is 0 Å². The van der Waals surface area contributed by atoms with Crippen LogP contribution in [0.3, 0.4) is 0 Å². The summed E-state index contributed by atoms with van der Waals surface area (Å²) in [5.74, 6) is -23.2. The Bertz CT molecular complexity index is 4590. The molecule has 1 aromatic heterocycles. The molecule has 1 unspecified atom stereocenters. The van der Waals surface area contributed by atoms with E-state index in [0.29, 0.717) is 42.1 Å². The molecule has 16 amide bonds. The maximum absolute atomic E-state index is 14.8. The van der Waals surface area contributed by atoms with Crippen molar-refractivity contribution in [3.63, 3.8) is 0 Å². The van der Waals surface area contributed by atoms with Gasteiger partial charge < -0.3 is 141 Å². The fourth-order valence-electron chi connectivity index (χ4n) is 14.9. The number of nitrogens with zero attached hydrogens (tertiary/aromatic N) is 2. The molecule has 132 heavy (non-hydrogen) atoms. The van der Waals surface area contributed by atoms with Crippen LogP contribution in [0.25, 0.3) is 10.9 Å². The number of H-pyrrole nitrogens is 1. The van der Waals surface area contributed by atoms with E-state index in [-0.39, 0.29) is 82.0 Å². The molecule has 732 valence electrons. The number of likely N-dealkylation sites (tertiary alicyclic amines) is 2. The summed E-state index contributed by atoms with van der Waals surface area (Å²) in [6.45, 7) is 11.8. The van der Waals surface area contributed by atoms with E-state index >= 15 is 0 Å². The minimum absolute atomic E-state index is 0.0108. The van der Waals surface area contributed by atoms with Crippen molar-refractivity contribution in [2.24, 2.45) is 35.0 Å². The lowest BCUT2D eigenvalue weighted by atomic mass is 9.99. The Kier molecular flexibility index (Phi) is 44.6. The number of primary amides is 1. The third-order valence-corrected chi connectivity index (χ3v) is 22.2. The molecule has 0 bridgehead atoms. The number of phosphoric acid groups is 1. The number of carboxylic acids is 3. The van der Waals surface area contributed by atoms with Crippen LogP contribution in [0.15, 0.2) is 60.8 Å². The topological polar surface area (TPSA) is 752 Å². The molecule has 3 heterocycles. The zero-order chi connectivity index (χ0) is 98.7. The number of amides is 16. The number of nitrogens with two attached hydrogens (primary N) is 3. The number of rotatable bonds is 56. The molecule has 0 saturated carbocycles. The number of carbonyl (C=O) groups is 19. The van der Waals surface area contributed by atoms with Crippen LogP contribution >= 0.6 is 7.82 Å². The lowest BCUT2D eigenvalue weighted by Crippen LogP contribution is -2.63. The number of carboxylic acid groups (broad SMARTS) is 3. The molecule has 0 aliphatic carbocycles. The number of aliphatic hydroxyl groups excluding tert-OH is 2. The largest absolute Gasteiger partial charge is 0.756 e. The highest BCUT2D eigenvalue weighted by molar-refractivity contribution is 7.44. The van der Waals surface area contributed by atoms with E-state index in [9.17, 15) is 131 Å². The number of carbonyl (C=O) groups excluding carboxylic acids is 16. The predicted molar refractivity (Wildman–Crippen MR) is 467 cm³/mol. The summed E-state index contributed by atoms with van der Waals surface area (Å²) < 4.78 is 17.1. The average molecular weight is 1880 g/mol. The van der Waals surface area contributed by atoms with Gasteiger partial charge in [0, 0.05) is 55.9 Å². The first-order valence-electron chi connectivity index (χ1n) is 43.6. The molecule has 2 fully saturated rings. The minimum atomic E-state index is -5.95. The monoisotopic (exact) mass is 1880 g/mol. The fraction of sp³-hybridized carbons (Fsp3) is 0.607. The number of benzene rings is 2. The first kappa shape index (κ1) is 110. The van der Waals surface area contributed by atoms with Gasteiger partial charge in [-0.2, -0.15) is 0 Å². The number of aromatic nitrogens is 1. The highest BCUT2D eigenvalue weighted by Gasteiger charge is 2.45. The first-order chi connectivity index (χ1) is 62.1. The van der Waals surface area contributed by atoms with Gasteiger partial charge in [0.2, 0.25) is 94.5 Å². The van der Waals surface area contributed by atoms with E-state index in [1.807, 2.05) is 0 Å². The summed E-state index contributed by atoms with van der Waals surface area (Å²) in [6.07, 6.45) is -4.11. The Morgan fingerprint density at radius 2 is 0.917 bits per heavy atom. The van der Waals surface area contributed by atoms with Crippen molar-refractivity contribution in [1.82, 2.24) is 83.9 Å². The molecular weight excluding hydrogens is 1750 g/mol. The quantitative estimate of drug-likeness (QED) is 0.0185.